The molecule has 3 rings (SSSR count). The van der Waals surface area contributed by atoms with Gasteiger partial charge < -0.3 is 10.6 Å². The van der Waals surface area contributed by atoms with Crippen LogP contribution in [0.4, 0.5) is 0 Å². The lowest BCUT2D eigenvalue weighted by Gasteiger charge is -2.28. The van der Waals surface area contributed by atoms with Crippen LogP contribution in [0.3, 0.4) is 0 Å². The molecule has 18 heavy (non-hydrogen) atoms. The molecule has 1 aromatic rings. The Kier molecular flexibility index (Phi) is 3.03. The normalized spacial score (nSPS) is 31.5. The van der Waals surface area contributed by atoms with Gasteiger partial charge in [-0.25, -0.2) is 0 Å². The van der Waals surface area contributed by atoms with E-state index in [0.717, 1.165) is 19.4 Å². The van der Waals surface area contributed by atoms with Gasteiger partial charge in [0.1, 0.15) is 0 Å². The Morgan fingerprint density at radius 3 is 3.17 bits per heavy atom. The van der Waals surface area contributed by atoms with Crippen molar-refractivity contribution < 1.29 is 4.79 Å². The molecule has 1 amide bonds. The van der Waals surface area contributed by atoms with Crippen LogP contribution in [0.2, 0.25) is 0 Å². The van der Waals surface area contributed by atoms with Crippen LogP contribution >= 0.6 is 11.8 Å². The van der Waals surface area contributed by atoms with E-state index >= 15 is 0 Å². The van der Waals surface area contributed by atoms with Gasteiger partial charge in [-0.15, -0.1) is 11.8 Å². The number of likely N-dealkylation sites (tertiary alicyclic amines) is 1. The molecule has 0 aliphatic carbocycles. The highest BCUT2D eigenvalue weighted by Crippen LogP contribution is 2.42. The molecule has 0 radical (unpaired) electrons. The SMILES string of the molecule is CN1CCC(C(N)=O)C1C1Cc2ccncc2S1. The number of primary amides is 1. The van der Waals surface area contributed by atoms with Gasteiger partial charge in [0.2, 0.25) is 5.91 Å². The molecule has 1 saturated heterocycles. The molecule has 3 atom stereocenters. The van der Waals surface area contributed by atoms with Crippen molar-refractivity contribution in [3.63, 3.8) is 0 Å². The molecular weight excluding hydrogens is 246 g/mol. The minimum Gasteiger partial charge on any atom is -0.369 e. The number of hydrogen-bond acceptors (Lipinski definition) is 4. The minimum absolute atomic E-state index is 0.00484. The van der Waals surface area contributed by atoms with Crippen molar-refractivity contribution >= 4 is 17.7 Å². The van der Waals surface area contributed by atoms with Gasteiger partial charge in [-0.05, 0) is 38.1 Å². The number of nitrogens with zero attached hydrogens (tertiary/aromatic N) is 2. The Balaban J connectivity index is 1.82. The summed E-state index contributed by atoms with van der Waals surface area (Å²) in [6.07, 6.45) is 5.67. The molecule has 4 nitrogen and oxygen atoms in total. The molecule has 3 heterocycles. The van der Waals surface area contributed by atoms with Crippen LogP contribution < -0.4 is 5.73 Å². The maximum atomic E-state index is 11.6. The van der Waals surface area contributed by atoms with Crippen molar-refractivity contribution in [1.29, 1.82) is 0 Å². The van der Waals surface area contributed by atoms with E-state index in [-0.39, 0.29) is 17.9 Å². The third-order valence-corrected chi connectivity index (χ3v) is 5.40. The molecule has 0 saturated carbocycles. The molecule has 96 valence electrons. The van der Waals surface area contributed by atoms with Crippen molar-refractivity contribution in [2.75, 3.05) is 13.6 Å². The van der Waals surface area contributed by atoms with Gasteiger partial charge >= 0.3 is 0 Å². The largest absolute Gasteiger partial charge is 0.369 e. The van der Waals surface area contributed by atoms with Crippen molar-refractivity contribution in [3.8, 4) is 0 Å². The second-order valence-electron chi connectivity index (χ2n) is 5.11. The molecule has 2 N–H and O–H groups in total. The van der Waals surface area contributed by atoms with E-state index < -0.39 is 0 Å². The van der Waals surface area contributed by atoms with Crippen LogP contribution in [0.1, 0.15) is 12.0 Å². The quantitative estimate of drug-likeness (QED) is 0.861. The van der Waals surface area contributed by atoms with E-state index in [4.69, 9.17) is 5.73 Å². The lowest BCUT2D eigenvalue weighted by molar-refractivity contribution is -0.122. The molecule has 0 bridgehead atoms. The molecule has 5 heteroatoms. The van der Waals surface area contributed by atoms with Crippen LogP contribution in [0, 0.1) is 5.92 Å². The zero-order valence-electron chi connectivity index (χ0n) is 10.4. The minimum atomic E-state index is -0.154. The molecule has 1 aromatic heterocycles. The molecule has 2 aliphatic heterocycles. The number of pyridine rings is 1. The summed E-state index contributed by atoms with van der Waals surface area (Å²) in [5.41, 5.74) is 6.89. The molecule has 3 unspecified atom stereocenters. The summed E-state index contributed by atoms with van der Waals surface area (Å²) in [5.74, 6) is -0.159. The smallest absolute Gasteiger partial charge is 0.222 e. The Bertz CT molecular complexity index is 454. The first-order chi connectivity index (χ1) is 8.66. The highest BCUT2D eigenvalue weighted by Gasteiger charge is 2.43. The summed E-state index contributed by atoms with van der Waals surface area (Å²) in [5, 5.41) is 0.425. The van der Waals surface area contributed by atoms with Crippen LogP contribution in [0.5, 0.6) is 0 Å². The number of carbonyl (C=O) groups is 1. The number of aromatic nitrogens is 1. The second-order valence-corrected chi connectivity index (χ2v) is 6.39. The predicted molar refractivity (Wildman–Crippen MR) is 71.3 cm³/mol. The number of thioether (sulfide) groups is 1. The topological polar surface area (TPSA) is 59.2 Å². The van der Waals surface area contributed by atoms with E-state index in [2.05, 4.69) is 23.0 Å². The fourth-order valence-corrected chi connectivity index (χ4v) is 4.67. The van der Waals surface area contributed by atoms with Crippen molar-refractivity contribution in [1.82, 2.24) is 9.88 Å². The Morgan fingerprint density at radius 2 is 2.44 bits per heavy atom. The Labute approximate surface area is 111 Å². The summed E-state index contributed by atoms with van der Waals surface area (Å²) in [6.45, 7) is 0.962. The van der Waals surface area contributed by atoms with Crippen molar-refractivity contribution in [2.45, 2.75) is 29.0 Å². The highest BCUT2D eigenvalue weighted by atomic mass is 32.2. The maximum absolute atomic E-state index is 11.6. The molecule has 2 aliphatic rings. The van der Waals surface area contributed by atoms with Crippen LogP contribution in [0.25, 0.3) is 0 Å². The first kappa shape index (κ1) is 12.0. The Hall–Kier alpha value is -1.07. The number of fused-ring (bicyclic) bond motifs is 1. The number of nitrogens with two attached hydrogens (primary N) is 1. The zero-order chi connectivity index (χ0) is 12.7. The van der Waals surface area contributed by atoms with Gasteiger partial charge in [-0.1, -0.05) is 0 Å². The van der Waals surface area contributed by atoms with Crippen molar-refractivity contribution in [2.24, 2.45) is 11.7 Å². The van der Waals surface area contributed by atoms with E-state index in [1.165, 1.54) is 10.5 Å². The third-order valence-electron chi connectivity index (χ3n) is 4.03. The second kappa shape index (κ2) is 4.55. The van der Waals surface area contributed by atoms with Gasteiger partial charge in [0.25, 0.3) is 0 Å². The summed E-state index contributed by atoms with van der Waals surface area (Å²) in [6, 6.07) is 2.34. The average Bonchev–Trinajstić information content (AvgIpc) is 2.91. The fourth-order valence-electron chi connectivity index (χ4n) is 3.12. The van der Waals surface area contributed by atoms with Gasteiger partial charge in [0, 0.05) is 28.6 Å². The number of rotatable bonds is 2. The zero-order valence-corrected chi connectivity index (χ0v) is 11.2. The van der Waals surface area contributed by atoms with Crippen LogP contribution in [0.15, 0.2) is 23.4 Å². The number of hydrogen-bond donors (Lipinski definition) is 1. The summed E-state index contributed by atoms with van der Waals surface area (Å²) < 4.78 is 0. The van der Waals surface area contributed by atoms with E-state index in [0.29, 0.717) is 5.25 Å². The molecule has 0 aromatic carbocycles. The third kappa shape index (κ3) is 1.91. The van der Waals surface area contributed by atoms with E-state index in [1.54, 1.807) is 0 Å². The number of amides is 1. The van der Waals surface area contributed by atoms with Gasteiger partial charge in [-0.3, -0.25) is 9.78 Å². The predicted octanol–water partition coefficient (Wildman–Crippen LogP) is 0.904. The highest BCUT2D eigenvalue weighted by molar-refractivity contribution is 8.00. The first-order valence-electron chi connectivity index (χ1n) is 6.26. The number of carbonyl (C=O) groups excluding carboxylic acids is 1. The average molecular weight is 263 g/mol. The first-order valence-corrected chi connectivity index (χ1v) is 7.14. The molecule has 1 fully saturated rings. The van der Waals surface area contributed by atoms with Crippen molar-refractivity contribution in [3.05, 3.63) is 24.0 Å². The van der Waals surface area contributed by atoms with Gasteiger partial charge in [0.15, 0.2) is 0 Å². The lowest BCUT2D eigenvalue weighted by atomic mass is 9.94. The monoisotopic (exact) mass is 263 g/mol. The van der Waals surface area contributed by atoms with Crippen LogP contribution in [-0.2, 0) is 11.2 Å². The van der Waals surface area contributed by atoms with Gasteiger partial charge in [0.05, 0.1) is 5.92 Å². The molecule has 0 spiro atoms. The molecular formula is C13H17N3OS. The summed E-state index contributed by atoms with van der Waals surface area (Å²) in [4.78, 5) is 19.3. The standard InChI is InChI=1S/C13H17N3OS/c1-16-5-3-9(13(14)17)12(16)10-6-8-2-4-15-7-11(8)18-10/h2,4,7,9-10,12H,3,5-6H2,1H3,(H2,14,17). The van der Waals surface area contributed by atoms with E-state index in [9.17, 15) is 4.79 Å². The lowest BCUT2D eigenvalue weighted by Crippen LogP contribution is -2.43. The van der Waals surface area contributed by atoms with Crippen LogP contribution in [-0.4, -0.2) is 40.7 Å². The van der Waals surface area contributed by atoms with Gasteiger partial charge in [-0.2, -0.15) is 0 Å². The summed E-state index contributed by atoms with van der Waals surface area (Å²) >= 11 is 1.85. The fraction of sp³-hybridized carbons (Fsp3) is 0.538. The van der Waals surface area contributed by atoms with E-state index in [1.807, 2.05) is 24.2 Å². The summed E-state index contributed by atoms with van der Waals surface area (Å²) in [7, 11) is 2.09. The Morgan fingerprint density at radius 1 is 1.61 bits per heavy atom. The maximum Gasteiger partial charge on any atom is 0.222 e.